The first kappa shape index (κ1) is 15.5. The molecule has 0 amide bonds. The van der Waals surface area contributed by atoms with Crippen LogP contribution in [0.1, 0.15) is 48.6 Å². The van der Waals surface area contributed by atoms with Gasteiger partial charge in [-0.15, -0.1) is 0 Å². The van der Waals surface area contributed by atoms with E-state index in [0.29, 0.717) is 12.0 Å². The normalized spacial score (nSPS) is 19.1. The number of benzene rings is 1. The molecule has 1 aromatic rings. The summed E-state index contributed by atoms with van der Waals surface area (Å²) >= 11 is 0. The minimum atomic E-state index is 0.551. The van der Waals surface area contributed by atoms with Crippen LogP contribution in [-0.2, 0) is 0 Å². The van der Waals surface area contributed by atoms with Gasteiger partial charge in [0.25, 0.3) is 0 Å². The first-order valence-corrected chi connectivity index (χ1v) is 8.03. The van der Waals surface area contributed by atoms with Gasteiger partial charge >= 0.3 is 0 Å². The molecular formula is C18H30N2. The summed E-state index contributed by atoms with van der Waals surface area (Å²) in [6.45, 7) is 16.1. The molecule has 1 aromatic carbocycles. The Balaban J connectivity index is 2.37. The molecule has 1 atom stereocenters. The molecule has 1 unspecified atom stereocenters. The third-order valence-corrected chi connectivity index (χ3v) is 4.43. The van der Waals surface area contributed by atoms with E-state index in [1.165, 1.54) is 29.7 Å². The molecule has 2 rings (SSSR count). The molecule has 20 heavy (non-hydrogen) atoms. The van der Waals surface area contributed by atoms with Crippen molar-refractivity contribution in [2.75, 3.05) is 26.2 Å². The van der Waals surface area contributed by atoms with Gasteiger partial charge in [0.15, 0.2) is 0 Å². The molecule has 0 radical (unpaired) electrons. The van der Waals surface area contributed by atoms with Crippen molar-refractivity contribution in [3.63, 3.8) is 0 Å². The van der Waals surface area contributed by atoms with Gasteiger partial charge in [0.1, 0.15) is 0 Å². The van der Waals surface area contributed by atoms with Crippen molar-refractivity contribution < 1.29 is 0 Å². The molecule has 2 nitrogen and oxygen atoms in total. The number of hydrogen-bond acceptors (Lipinski definition) is 2. The first-order chi connectivity index (χ1) is 9.50. The number of aryl methyl sites for hydroxylation is 3. The van der Waals surface area contributed by atoms with Crippen molar-refractivity contribution in [3.8, 4) is 0 Å². The van der Waals surface area contributed by atoms with E-state index in [4.69, 9.17) is 0 Å². The van der Waals surface area contributed by atoms with Crippen LogP contribution in [0.5, 0.6) is 0 Å². The average molecular weight is 274 g/mol. The van der Waals surface area contributed by atoms with Gasteiger partial charge in [-0.3, -0.25) is 4.90 Å². The second kappa shape index (κ2) is 6.73. The van der Waals surface area contributed by atoms with E-state index in [0.717, 1.165) is 19.6 Å². The van der Waals surface area contributed by atoms with Crippen LogP contribution in [0.2, 0.25) is 0 Å². The van der Waals surface area contributed by atoms with Crippen molar-refractivity contribution in [2.24, 2.45) is 5.92 Å². The number of nitrogens with one attached hydrogen (secondary N) is 1. The van der Waals surface area contributed by atoms with Gasteiger partial charge in [-0.05, 0) is 56.3 Å². The minimum Gasteiger partial charge on any atom is -0.315 e. The molecule has 0 saturated carbocycles. The Morgan fingerprint density at radius 2 is 1.65 bits per heavy atom. The number of nitrogens with zero attached hydrogens (tertiary/aromatic N) is 1. The zero-order valence-corrected chi connectivity index (χ0v) is 13.8. The largest absolute Gasteiger partial charge is 0.315 e. The SMILES string of the molecule is Cc1cc(C)c(C(C(C)C)N2CCCNCC2)c(C)c1. The maximum Gasteiger partial charge on any atom is 0.0376 e. The Morgan fingerprint density at radius 3 is 2.25 bits per heavy atom. The van der Waals surface area contributed by atoms with Crippen LogP contribution in [0, 0.1) is 26.7 Å². The second-order valence-corrected chi connectivity index (χ2v) is 6.64. The smallest absolute Gasteiger partial charge is 0.0376 e. The van der Waals surface area contributed by atoms with E-state index in [1.54, 1.807) is 5.56 Å². The highest BCUT2D eigenvalue weighted by Gasteiger charge is 2.26. The molecule has 1 saturated heterocycles. The molecule has 0 aliphatic carbocycles. The van der Waals surface area contributed by atoms with Crippen molar-refractivity contribution in [3.05, 3.63) is 34.4 Å². The second-order valence-electron chi connectivity index (χ2n) is 6.64. The standard InChI is InChI=1S/C18H30N2/c1-13(2)18(20-9-6-7-19-8-10-20)17-15(4)11-14(3)12-16(17)5/h11-13,18-19H,6-10H2,1-5H3. The summed E-state index contributed by atoms with van der Waals surface area (Å²) in [5.41, 5.74) is 5.85. The van der Waals surface area contributed by atoms with Crippen molar-refractivity contribution >= 4 is 0 Å². The predicted molar refractivity (Wildman–Crippen MR) is 87.3 cm³/mol. The molecule has 0 aromatic heterocycles. The highest BCUT2D eigenvalue weighted by molar-refractivity contribution is 5.40. The van der Waals surface area contributed by atoms with Crippen molar-refractivity contribution in [1.29, 1.82) is 0 Å². The summed E-state index contributed by atoms with van der Waals surface area (Å²) in [5, 5.41) is 3.52. The minimum absolute atomic E-state index is 0.551. The highest BCUT2D eigenvalue weighted by atomic mass is 15.2. The fourth-order valence-corrected chi connectivity index (χ4v) is 3.74. The highest BCUT2D eigenvalue weighted by Crippen LogP contribution is 2.34. The van der Waals surface area contributed by atoms with Gasteiger partial charge < -0.3 is 5.32 Å². The van der Waals surface area contributed by atoms with Gasteiger partial charge in [0, 0.05) is 25.7 Å². The van der Waals surface area contributed by atoms with Crippen molar-refractivity contribution in [2.45, 2.75) is 47.1 Å². The van der Waals surface area contributed by atoms with Crippen LogP contribution in [0.25, 0.3) is 0 Å². The Labute approximate surface area is 124 Å². The Hall–Kier alpha value is -0.860. The molecule has 1 N–H and O–H groups in total. The topological polar surface area (TPSA) is 15.3 Å². The zero-order valence-electron chi connectivity index (χ0n) is 13.8. The quantitative estimate of drug-likeness (QED) is 0.906. The van der Waals surface area contributed by atoms with Crippen LogP contribution in [-0.4, -0.2) is 31.1 Å². The molecular weight excluding hydrogens is 244 g/mol. The zero-order chi connectivity index (χ0) is 14.7. The monoisotopic (exact) mass is 274 g/mol. The maximum absolute atomic E-state index is 3.52. The van der Waals surface area contributed by atoms with Crippen LogP contribution >= 0.6 is 0 Å². The van der Waals surface area contributed by atoms with Gasteiger partial charge in [0.05, 0.1) is 0 Å². The molecule has 1 aliphatic heterocycles. The number of rotatable bonds is 3. The molecule has 0 spiro atoms. The summed E-state index contributed by atoms with van der Waals surface area (Å²) in [5.74, 6) is 0.646. The Kier molecular flexibility index (Phi) is 5.22. The molecule has 1 heterocycles. The molecule has 0 bridgehead atoms. The molecule has 112 valence electrons. The lowest BCUT2D eigenvalue weighted by Gasteiger charge is -2.36. The summed E-state index contributed by atoms with van der Waals surface area (Å²) in [6.07, 6.45) is 1.26. The predicted octanol–water partition coefficient (Wildman–Crippen LogP) is 3.60. The van der Waals surface area contributed by atoms with Gasteiger partial charge in [-0.1, -0.05) is 31.5 Å². The lowest BCUT2D eigenvalue weighted by atomic mass is 9.87. The van der Waals surface area contributed by atoms with Crippen LogP contribution in [0.3, 0.4) is 0 Å². The van der Waals surface area contributed by atoms with Gasteiger partial charge in [-0.2, -0.15) is 0 Å². The van der Waals surface area contributed by atoms with Gasteiger partial charge in [-0.25, -0.2) is 0 Å². The number of hydrogen-bond donors (Lipinski definition) is 1. The van der Waals surface area contributed by atoms with Crippen LogP contribution < -0.4 is 5.32 Å². The van der Waals surface area contributed by atoms with Crippen LogP contribution in [0.15, 0.2) is 12.1 Å². The van der Waals surface area contributed by atoms with E-state index < -0.39 is 0 Å². The average Bonchev–Trinajstić information content (AvgIpc) is 2.61. The van der Waals surface area contributed by atoms with E-state index in [9.17, 15) is 0 Å². The Bertz CT molecular complexity index is 420. The van der Waals surface area contributed by atoms with E-state index in [2.05, 4.69) is 57.0 Å². The van der Waals surface area contributed by atoms with E-state index in [-0.39, 0.29) is 0 Å². The fourth-order valence-electron chi connectivity index (χ4n) is 3.74. The Morgan fingerprint density at radius 1 is 1.00 bits per heavy atom. The third-order valence-electron chi connectivity index (χ3n) is 4.43. The van der Waals surface area contributed by atoms with Crippen molar-refractivity contribution in [1.82, 2.24) is 10.2 Å². The van der Waals surface area contributed by atoms with E-state index in [1.807, 2.05) is 0 Å². The van der Waals surface area contributed by atoms with E-state index >= 15 is 0 Å². The fraction of sp³-hybridized carbons (Fsp3) is 0.667. The summed E-state index contributed by atoms with van der Waals surface area (Å²) in [6, 6.07) is 5.23. The summed E-state index contributed by atoms with van der Waals surface area (Å²) < 4.78 is 0. The lowest BCUT2D eigenvalue weighted by Crippen LogP contribution is -2.35. The van der Waals surface area contributed by atoms with Crippen LogP contribution in [0.4, 0.5) is 0 Å². The lowest BCUT2D eigenvalue weighted by molar-refractivity contribution is 0.164. The molecule has 1 aliphatic rings. The third kappa shape index (κ3) is 3.42. The van der Waals surface area contributed by atoms with Gasteiger partial charge in [0.2, 0.25) is 0 Å². The first-order valence-electron chi connectivity index (χ1n) is 8.03. The summed E-state index contributed by atoms with van der Waals surface area (Å²) in [4.78, 5) is 2.69. The molecule has 2 heteroatoms. The molecule has 1 fully saturated rings. The maximum atomic E-state index is 3.52. The summed E-state index contributed by atoms with van der Waals surface area (Å²) in [7, 11) is 0.